The van der Waals surface area contributed by atoms with Gasteiger partial charge in [-0.3, -0.25) is 14.4 Å². The normalized spacial score (nSPS) is 12.8. The van der Waals surface area contributed by atoms with E-state index in [2.05, 4.69) is 118 Å². The lowest BCUT2D eigenvalue weighted by Crippen LogP contribution is -2.30. The molecule has 1 atom stereocenters. The lowest BCUT2D eigenvalue weighted by Gasteiger charge is -2.18. The Labute approximate surface area is 426 Å². The molecule has 0 bridgehead atoms. The second kappa shape index (κ2) is 56.9. The third-order valence-electron chi connectivity index (χ3n) is 12.1. The van der Waals surface area contributed by atoms with Crippen molar-refractivity contribution in [2.45, 2.75) is 271 Å². The van der Waals surface area contributed by atoms with Crippen LogP contribution in [0.1, 0.15) is 265 Å². The Balaban J connectivity index is 4.42. The van der Waals surface area contributed by atoms with Crippen molar-refractivity contribution in [2.24, 2.45) is 0 Å². The van der Waals surface area contributed by atoms with Crippen LogP contribution in [0.2, 0.25) is 0 Å². The van der Waals surface area contributed by atoms with Crippen LogP contribution in [0, 0.1) is 0 Å². The summed E-state index contributed by atoms with van der Waals surface area (Å²) in [6.45, 7) is 6.37. The topological polar surface area (TPSA) is 78.9 Å². The maximum absolute atomic E-state index is 12.9. The number of hydrogen-bond acceptors (Lipinski definition) is 6. The molecule has 0 saturated heterocycles. The van der Waals surface area contributed by atoms with Gasteiger partial charge in [-0.2, -0.15) is 0 Å². The first-order chi connectivity index (χ1) is 34.0. The average molecular weight is 960 g/mol. The van der Waals surface area contributed by atoms with E-state index in [-0.39, 0.29) is 31.1 Å². The highest BCUT2D eigenvalue weighted by atomic mass is 16.6. The monoisotopic (exact) mass is 959 g/mol. The molecule has 0 amide bonds. The summed E-state index contributed by atoms with van der Waals surface area (Å²) in [4.78, 5) is 38.2. The molecule has 394 valence electrons. The van der Waals surface area contributed by atoms with Crippen molar-refractivity contribution in [2.75, 3.05) is 13.2 Å². The number of carbonyl (C=O) groups is 3. The molecule has 0 rings (SSSR count). The number of ether oxygens (including phenoxy) is 3. The van der Waals surface area contributed by atoms with Crippen molar-refractivity contribution < 1.29 is 28.6 Å². The average Bonchev–Trinajstić information content (AvgIpc) is 3.35. The highest BCUT2D eigenvalue weighted by Gasteiger charge is 2.19. The summed E-state index contributed by atoms with van der Waals surface area (Å²) in [6, 6.07) is 0. The van der Waals surface area contributed by atoms with Gasteiger partial charge >= 0.3 is 17.9 Å². The van der Waals surface area contributed by atoms with Crippen molar-refractivity contribution in [3.05, 3.63) is 97.2 Å². The van der Waals surface area contributed by atoms with E-state index in [1.807, 2.05) is 0 Å². The summed E-state index contributed by atoms with van der Waals surface area (Å²) in [5, 5.41) is 0. The van der Waals surface area contributed by atoms with Gasteiger partial charge in [0.05, 0.1) is 0 Å². The Morgan fingerprint density at radius 2 is 0.638 bits per heavy atom. The molecule has 6 nitrogen and oxygen atoms in total. The van der Waals surface area contributed by atoms with Gasteiger partial charge in [-0.25, -0.2) is 0 Å². The molecule has 0 aliphatic heterocycles. The first kappa shape index (κ1) is 65.3. The summed E-state index contributed by atoms with van der Waals surface area (Å²) in [5.41, 5.74) is 0. The van der Waals surface area contributed by atoms with Crippen LogP contribution in [0.5, 0.6) is 0 Å². The smallest absolute Gasteiger partial charge is 0.306 e. The van der Waals surface area contributed by atoms with Gasteiger partial charge in [0.1, 0.15) is 13.2 Å². The van der Waals surface area contributed by atoms with E-state index in [0.29, 0.717) is 19.3 Å². The van der Waals surface area contributed by atoms with Gasteiger partial charge < -0.3 is 14.2 Å². The second-order valence-corrected chi connectivity index (χ2v) is 18.8. The number of allylic oxidation sites excluding steroid dienone is 16. The van der Waals surface area contributed by atoms with Crippen LogP contribution in [0.4, 0.5) is 0 Å². The summed E-state index contributed by atoms with van der Waals surface area (Å²) in [5.74, 6) is -0.929. The van der Waals surface area contributed by atoms with E-state index in [0.717, 1.165) is 122 Å². The van der Waals surface area contributed by atoms with Crippen molar-refractivity contribution in [3.63, 3.8) is 0 Å². The minimum absolute atomic E-state index is 0.0940. The van der Waals surface area contributed by atoms with Crippen molar-refractivity contribution >= 4 is 17.9 Å². The standard InChI is InChI=1S/C63H106O6/c1-4-7-10-13-16-19-22-25-27-29-31-33-35-38-41-44-47-50-53-56-62(65)68-59-60(58-67-61(64)55-52-49-46-43-40-37-24-21-18-15-12-9-6-3)69-63(66)57-54-51-48-45-42-39-36-34-32-30-28-26-23-20-17-14-11-8-5-2/h7,9-10,12,15-16,18-19,21,24-25,27,30-33,60H,4-6,8,11,13-14,17,20,22-23,26,28-29,34-59H2,1-3H3/b10-7+,12-9+,18-15+,19-16+,24-21+,27-25+,32-30+,33-31+. The lowest BCUT2D eigenvalue weighted by atomic mass is 10.1. The molecule has 0 saturated carbocycles. The van der Waals surface area contributed by atoms with Gasteiger partial charge in [-0.05, 0) is 103 Å². The third-order valence-corrected chi connectivity index (χ3v) is 12.1. The maximum Gasteiger partial charge on any atom is 0.306 e. The summed E-state index contributed by atoms with van der Waals surface area (Å²) in [7, 11) is 0. The molecule has 0 N–H and O–H groups in total. The molecule has 0 aromatic heterocycles. The summed E-state index contributed by atoms with van der Waals surface area (Å²) < 4.78 is 16.8. The third kappa shape index (κ3) is 55.1. The van der Waals surface area contributed by atoms with Gasteiger partial charge in [-0.15, -0.1) is 0 Å². The number of hydrogen-bond donors (Lipinski definition) is 0. The fraction of sp³-hybridized carbons (Fsp3) is 0.698. The minimum atomic E-state index is -0.796. The predicted molar refractivity (Wildman–Crippen MR) is 297 cm³/mol. The lowest BCUT2D eigenvalue weighted by molar-refractivity contribution is -0.167. The Kier molecular flexibility index (Phi) is 53.9. The Bertz CT molecular complexity index is 1380. The molecule has 0 fully saturated rings. The fourth-order valence-corrected chi connectivity index (χ4v) is 7.84. The maximum atomic E-state index is 12.9. The minimum Gasteiger partial charge on any atom is -0.462 e. The molecule has 0 aliphatic carbocycles. The van der Waals surface area contributed by atoms with E-state index in [9.17, 15) is 14.4 Å². The summed E-state index contributed by atoms with van der Waals surface area (Å²) >= 11 is 0. The zero-order valence-corrected chi connectivity index (χ0v) is 45.0. The molecule has 0 aliphatic rings. The highest BCUT2D eigenvalue weighted by molar-refractivity contribution is 5.71. The quantitative estimate of drug-likeness (QED) is 0.0199. The van der Waals surface area contributed by atoms with E-state index in [1.165, 1.54) is 103 Å². The van der Waals surface area contributed by atoms with Crippen LogP contribution < -0.4 is 0 Å². The molecular weight excluding hydrogens is 853 g/mol. The van der Waals surface area contributed by atoms with Crippen LogP contribution in [-0.2, 0) is 28.6 Å². The van der Waals surface area contributed by atoms with Crippen LogP contribution in [-0.4, -0.2) is 37.2 Å². The van der Waals surface area contributed by atoms with E-state index in [1.54, 1.807) is 0 Å². The number of unbranched alkanes of at least 4 members (excludes halogenated alkanes) is 26. The van der Waals surface area contributed by atoms with E-state index >= 15 is 0 Å². The van der Waals surface area contributed by atoms with Crippen LogP contribution >= 0.6 is 0 Å². The van der Waals surface area contributed by atoms with Crippen molar-refractivity contribution in [3.8, 4) is 0 Å². The first-order valence-electron chi connectivity index (χ1n) is 28.8. The van der Waals surface area contributed by atoms with E-state index < -0.39 is 6.10 Å². The van der Waals surface area contributed by atoms with Crippen LogP contribution in [0.15, 0.2) is 97.2 Å². The molecular formula is C63H106O6. The molecule has 0 heterocycles. The molecule has 6 heteroatoms. The van der Waals surface area contributed by atoms with Crippen molar-refractivity contribution in [1.29, 1.82) is 0 Å². The molecule has 0 aromatic rings. The number of carbonyl (C=O) groups excluding carboxylic acids is 3. The van der Waals surface area contributed by atoms with Crippen molar-refractivity contribution in [1.82, 2.24) is 0 Å². The zero-order valence-electron chi connectivity index (χ0n) is 45.0. The Morgan fingerprint density at radius 3 is 1.06 bits per heavy atom. The molecule has 0 radical (unpaired) electrons. The SMILES string of the molecule is CC/C=C/C=C/C=C/CCCCCCCC(=O)OCC(COC(=O)CCCCCCCC/C=C/C/C=C/C/C=C/C/C=C/CC)OC(=O)CCCCCCCCC/C=C/CCCCCCCCCC. The number of esters is 3. The number of rotatable bonds is 51. The van der Waals surface area contributed by atoms with Gasteiger partial charge in [0, 0.05) is 19.3 Å². The van der Waals surface area contributed by atoms with Gasteiger partial charge in [-0.1, -0.05) is 240 Å². The largest absolute Gasteiger partial charge is 0.462 e. The van der Waals surface area contributed by atoms with Gasteiger partial charge in [0.25, 0.3) is 0 Å². The zero-order chi connectivity index (χ0) is 50.0. The summed E-state index contributed by atoms with van der Waals surface area (Å²) in [6.07, 6.45) is 75.4. The Hall–Kier alpha value is -3.67. The first-order valence-corrected chi connectivity index (χ1v) is 28.8. The van der Waals surface area contributed by atoms with Crippen LogP contribution in [0.3, 0.4) is 0 Å². The fourth-order valence-electron chi connectivity index (χ4n) is 7.84. The molecule has 0 aromatic carbocycles. The highest BCUT2D eigenvalue weighted by Crippen LogP contribution is 2.15. The molecule has 0 spiro atoms. The molecule has 1 unspecified atom stereocenters. The predicted octanol–water partition coefficient (Wildman–Crippen LogP) is 19.3. The Morgan fingerprint density at radius 1 is 0.319 bits per heavy atom. The van der Waals surface area contributed by atoms with Gasteiger partial charge in [0.2, 0.25) is 0 Å². The van der Waals surface area contributed by atoms with Crippen LogP contribution in [0.25, 0.3) is 0 Å². The van der Waals surface area contributed by atoms with Gasteiger partial charge in [0.15, 0.2) is 6.10 Å². The second-order valence-electron chi connectivity index (χ2n) is 18.8. The molecule has 69 heavy (non-hydrogen) atoms. The van der Waals surface area contributed by atoms with E-state index in [4.69, 9.17) is 14.2 Å².